The molecular formula is C14H22N4O. The van der Waals surface area contributed by atoms with E-state index < -0.39 is 0 Å². The molecule has 5 heteroatoms. The summed E-state index contributed by atoms with van der Waals surface area (Å²) in [5.41, 5.74) is 0.599. The molecule has 5 nitrogen and oxygen atoms in total. The fourth-order valence-electron chi connectivity index (χ4n) is 2.50. The van der Waals surface area contributed by atoms with Crippen LogP contribution >= 0.6 is 0 Å². The van der Waals surface area contributed by atoms with Gasteiger partial charge in [0, 0.05) is 12.6 Å². The highest BCUT2D eigenvalue weighted by Crippen LogP contribution is 2.62. The largest absolute Gasteiger partial charge is 0.369 e. The molecule has 1 fully saturated rings. The molecule has 0 aliphatic heterocycles. The number of anilines is 1. The summed E-state index contributed by atoms with van der Waals surface area (Å²) in [4.78, 5) is 20.5. The van der Waals surface area contributed by atoms with Gasteiger partial charge in [-0.3, -0.25) is 9.78 Å². The average molecular weight is 262 g/mol. The average Bonchev–Trinajstić information content (AvgIpc) is 2.72. The van der Waals surface area contributed by atoms with Crippen LogP contribution in [0.5, 0.6) is 0 Å². The minimum Gasteiger partial charge on any atom is -0.369 e. The lowest BCUT2D eigenvalue weighted by atomic mass is 10.0. The molecule has 0 bridgehead atoms. The molecule has 0 atom stereocenters. The van der Waals surface area contributed by atoms with Crippen LogP contribution in [-0.2, 0) is 0 Å². The molecular weight excluding hydrogens is 240 g/mol. The van der Waals surface area contributed by atoms with Crippen LogP contribution in [0.25, 0.3) is 0 Å². The Balaban J connectivity index is 2.07. The van der Waals surface area contributed by atoms with Crippen molar-refractivity contribution >= 4 is 11.7 Å². The molecule has 1 aliphatic carbocycles. The second kappa shape index (κ2) is 4.47. The van der Waals surface area contributed by atoms with Crippen LogP contribution in [0.1, 0.15) is 45.1 Å². The highest BCUT2D eigenvalue weighted by molar-refractivity contribution is 5.93. The number of carbonyl (C=O) groups excluding carboxylic acids is 1. The standard InChI is InChI=1S/C14H22N4O/c1-6-16-10-8-15-7-9(17-10)11(19)18-12-13(2,3)14(12,4)5/h7-8,12H,6H2,1-5H3,(H,16,17)(H,18,19). The number of nitrogens with one attached hydrogen (secondary N) is 2. The molecule has 1 heterocycles. The molecule has 0 spiro atoms. The van der Waals surface area contributed by atoms with Crippen LogP contribution in [0.3, 0.4) is 0 Å². The monoisotopic (exact) mass is 262 g/mol. The maximum atomic E-state index is 12.2. The number of hydrogen-bond acceptors (Lipinski definition) is 4. The van der Waals surface area contributed by atoms with Crippen LogP contribution in [-0.4, -0.2) is 28.5 Å². The van der Waals surface area contributed by atoms with Gasteiger partial charge in [0.2, 0.25) is 0 Å². The molecule has 1 saturated carbocycles. The maximum absolute atomic E-state index is 12.2. The lowest BCUT2D eigenvalue weighted by molar-refractivity contribution is 0.0938. The summed E-state index contributed by atoms with van der Waals surface area (Å²) in [6.07, 6.45) is 3.11. The lowest BCUT2D eigenvalue weighted by Gasteiger charge is -2.07. The first-order valence-corrected chi connectivity index (χ1v) is 6.67. The molecule has 19 heavy (non-hydrogen) atoms. The van der Waals surface area contributed by atoms with Gasteiger partial charge in [0.05, 0.1) is 12.4 Å². The van der Waals surface area contributed by atoms with E-state index in [1.807, 2.05) is 6.92 Å². The van der Waals surface area contributed by atoms with Crippen LogP contribution in [0.2, 0.25) is 0 Å². The zero-order valence-electron chi connectivity index (χ0n) is 12.2. The van der Waals surface area contributed by atoms with Gasteiger partial charge in [-0.15, -0.1) is 0 Å². The molecule has 0 radical (unpaired) electrons. The Hall–Kier alpha value is -1.65. The first-order chi connectivity index (χ1) is 8.80. The van der Waals surface area contributed by atoms with Crippen molar-refractivity contribution < 1.29 is 4.79 Å². The quantitative estimate of drug-likeness (QED) is 0.871. The number of aromatic nitrogens is 2. The van der Waals surface area contributed by atoms with Gasteiger partial charge in [-0.05, 0) is 17.8 Å². The topological polar surface area (TPSA) is 66.9 Å². The summed E-state index contributed by atoms with van der Waals surface area (Å²) < 4.78 is 0. The van der Waals surface area contributed by atoms with Crippen LogP contribution in [0.4, 0.5) is 5.82 Å². The molecule has 0 unspecified atom stereocenters. The van der Waals surface area contributed by atoms with Gasteiger partial charge in [-0.2, -0.15) is 0 Å². The predicted octanol–water partition coefficient (Wildman–Crippen LogP) is 2.07. The third kappa shape index (κ3) is 2.29. The van der Waals surface area contributed by atoms with Crippen molar-refractivity contribution in [3.63, 3.8) is 0 Å². The predicted molar refractivity (Wildman–Crippen MR) is 75.0 cm³/mol. The van der Waals surface area contributed by atoms with Crippen LogP contribution < -0.4 is 10.6 Å². The zero-order chi connectivity index (χ0) is 14.3. The first-order valence-electron chi connectivity index (χ1n) is 6.67. The number of hydrogen-bond donors (Lipinski definition) is 2. The number of amides is 1. The summed E-state index contributed by atoms with van der Waals surface area (Å²) in [5.74, 6) is 0.473. The molecule has 1 aromatic rings. The maximum Gasteiger partial charge on any atom is 0.271 e. The highest BCUT2D eigenvalue weighted by Gasteiger charge is 2.65. The Morgan fingerprint density at radius 3 is 2.42 bits per heavy atom. The first kappa shape index (κ1) is 13.8. The summed E-state index contributed by atoms with van der Waals surface area (Å²) in [6.45, 7) is 11.4. The van der Waals surface area contributed by atoms with Crippen molar-refractivity contribution in [3.05, 3.63) is 18.1 Å². The van der Waals surface area contributed by atoms with Gasteiger partial charge in [-0.1, -0.05) is 27.7 Å². The van der Waals surface area contributed by atoms with Gasteiger partial charge in [-0.25, -0.2) is 4.98 Å². The van der Waals surface area contributed by atoms with Gasteiger partial charge in [0.25, 0.3) is 5.91 Å². The molecule has 1 aliphatic rings. The fraction of sp³-hybridized carbons (Fsp3) is 0.643. The molecule has 1 amide bonds. The van der Waals surface area contributed by atoms with Crippen molar-refractivity contribution in [2.45, 2.75) is 40.7 Å². The van der Waals surface area contributed by atoms with Crippen molar-refractivity contribution in [1.29, 1.82) is 0 Å². The molecule has 104 valence electrons. The lowest BCUT2D eigenvalue weighted by Crippen LogP contribution is -2.30. The Morgan fingerprint density at radius 1 is 1.26 bits per heavy atom. The number of rotatable bonds is 4. The third-order valence-corrected chi connectivity index (χ3v) is 4.52. The molecule has 0 aromatic carbocycles. The number of nitrogens with zero attached hydrogens (tertiary/aromatic N) is 2. The second-order valence-electron chi connectivity index (χ2n) is 6.17. The van der Waals surface area contributed by atoms with E-state index in [2.05, 4.69) is 48.3 Å². The summed E-state index contributed by atoms with van der Waals surface area (Å²) in [6, 6.07) is 0.178. The Kier molecular flexibility index (Phi) is 3.24. The van der Waals surface area contributed by atoms with Gasteiger partial charge >= 0.3 is 0 Å². The summed E-state index contributed by atoms with van der Waals surface area (Å²) in [7, 11) is 0. The molecule has 1 aromatic heterocycles. The van der Waals surface area contributed by atoms with Crippen molar-refractivity contribution in [2.24, 2.45) is 10.8 Å². The van der Waals surface area contributed by atoms with E-state index in [0.717, 1.165) is 6.54 Å². The van der Waals surface area contributed by atoms with Crippen molar-refractivity contribution in [1.82, 2.24) is 15.3 Å². The number of carbonyl (C=O) groups is 1. The van der Waals surface area contributed by atoms with E-state index in [4.69, 9.17) is 0 Å². The van der Waals surface area contributed by atoms with Gasteiger partial charge in [0.15, 0.2) is 0 Å². The second-order valence-corrected chi connectivity index (χ2v) is 6.17. The molecule has 2 rings (SSSR count). The van der Waals surface area contributed by atoms with E-state index in [9.17, 15) is 4.79 Å². The van der Waals surface area contributed by atoms with Gasteiger partial charge in [0.1, 0.15) is 11.5 Å². The van der Waals surface area contributed by atoms with Gasteiger partial charge < -0.3 is 10.6 Å². The van der Waals surface area contributed by atoms with Crippen LogP contribution in [0, 0.1) is 10.8 Å². The van der Waals surface area contributed by atoms with Crippen LogP contribution in [0.15, 0.2) is 12.4 Å². The zero-order valence-corrected chi connectivity index (χ0v) is 12.2. The smallest absolute Gasteiger partial charge is 0.271 e. The van der Waals surface area contributed by atoms with E-state index in [-0.39, 0.29) is 22.8 Å². The molecule has 2 N–H and O–H groups in total. The Bertz CT molecular complexity index is 482. The molecule has 0 saturated heterocycles. The Labute approximate surface area is 114 Å². The van der Waals surface area contributed by atoms with Crippen molar-refractivity contribution in [2.75, 3.05) is 11.9 Å². The van der Waals surface area contributed by atoms with E-state index >= 15 is 0 Å². The van der Waals surface area contributed by atoms with Crippen molar-refractivity contribution in [3.8, 4) is 0 Å². The fourth-order valence-corrected chi connectivity index (χ4v) is 2.50. The summed E-state index contributed by atoms with van der Waals surface area (Å²) >= 11 is 0. The van der Waals surface area contributed by atoms with E-state index in [1.54, 1.807) is 6.20 Å². The van der Waals surface area contributed by atoms with E-state index in [0.29, 0.717) is 11.5 Å². The minimum atomic E-state index is -0.157. The highest BCUT2D eigenvalue weighted by atomic mass is 16.2. The SMILES string of the molecule is CCNc1cncc(C(=O)NC2C(C)(C)C2(C)C)n1. The normalized spacial score (nSPS) is 19.8. The third-order valence-electron chi connectivity index (χ3n) is 4.52. The minimum absolute atomic E-state index is 0.120. The Morgan fingerprint density at radius 2 is 1.89 bits per heavy atom. The van der Waals surface area contributed by atoms with E-state index in [1.165, 1.54) is 6.20 Å². The summed E-state index contributed by atoms with van der Waals surface area (Å²) in [5, 5.41) is 6.10.